The van der Waals surface area contributed by atoms with Gasteiger partial charge in [-0.15, -0.1) is 12.6 Å². The average Bonchev–Trinajstić information content (AvgIpc) is 2.28. The first-order valence-electron chi connectivity index (χ1n) is 5.22. The van der Waals surface area contributed by atoms with Crippen molar-refractivity contribution in [3.8, 4) is 0 Å². The maximum Gasteiger partial charge on any atom is 0.207 e. The van der Waals surface area contributed by atoms with E-state index in [-0.39, 0.29) is 6.04 Å². The van der Waals surface area contributed by atoms with Crippen LogP contribution < -0.4 is 5.32 Å². The van der Waals surface area contributed by atoms with E-state index in [1.54, 1.807) is 0 Å². The number of allylic oxidation sites excluding steroid dienone is 1. The van der Waals surface area contributed by atoms with Crippen LogP contribution in [-0.4, -0.2) is 6.41 Å². The number of benzene rings is 1. The van der Waals surface area contributed by atoms with Gasteiger partial charge in [-0.2, -0.15) is 0 Å². The highest BCUT2D eigenvalue weighted by molar-refractivity contribution is 7.90. The molecule has 1 rings (SSSR count). The maximum absolute atomic E-state index is 10.3. The highest BCUT2D eigenvalue weighted by atomic mass is 32.1. The van der Waals surface area contributed by atoms with Gasteiger partial charge in [0.25, 0.3) is 0 Å². The first-order chi connectivity index (χ1) is 7.56. The molecular formula is C13H17NOS. The normalized spacial score (nSPS) is 11.8. The Morgan fingerprint density at radius 2 is 1.88 bits per heavy atom. The van der Waals surface area contributed by atoms with E-state index in [4.69, 9.17) is 0 Å². The van der Waals surface area contributed by atoms with Gasteiger partial charge in [-0.25, -0.2) is 0 Å². The Hall–Kier alpha value is -1.22. The smallest absolute Gasteiger partial charge is 0.207 e. The summed E-state index contributed by atoms with van der Waals surface area (Å²) in [6.07, 6.45) is 0.721. The number of carbonyl (C=O) groups excluding carboxylic acids is 1. The molecule has 0 fully saturated rings. The van der Waals surface area contributed by atoms with Gasteiger partial charge in [0.05, 0.1) is 6.04 Å². The summed E-state index contributed by atoms with van der Waals surface area (Å²) in [5.74, 6) is 0. The third-order valence-electron chi connectivity index (χ3n) is 2.48. The van der Waals surface area contributed by atoms with E-state index >= 15 is 0 Å². The Morgan fingerprint density at radius 3 is 2.31 bits per heavy atom. The van der Waals surface area contributed by atoms with Gasteiger partial charge in [0.15, 0.2) is 0 Å². The molecule has 0 radical (unpaired) electrons. The van der Waals surface area contributed by atoms with Crippen LogP contribution in [0.2, 0.25) is 0 Å². The second kappa shape index (κ2) is 5.75. The van der Waals surface area contributed by atoms with Gasteiger partial charge >= 0.3 is 0 Å². The molecule has 0 heterocycles. The molecule has 0 saturated carbocycles. The summed E-state index contributed by atoms with van der Waals surface area (Å²) in [5, 5.41) is 2.72. The third-order valence-corrected chi connectivity index (χ3v) is 3.18. The van der Waals surface area contributed by atoms with Crippen LogP contribution in [-0.2, 0) is 4.79 Å². The van der Waals surface area contributed by atoms with E-state index < -0.39 is 0 Å². The van der Waals surface area contributed by atoms with E-state index in [0.717, 1.165) is 22.4 Å². The van der Waals surface area contributed by atoms with Crippen LogP contribution in [0.25, 0.3) is 4.91 Å². The number of hydrogen-bond acceptors (Lipinski definition) is 2. The van der Waals surface area contributed by atoms with Gasteiger partial charge in [0.1, 0.15) is 0 Å². The van der Waals surface area contributed by atoms with E-state index in [9.17, 15) is 4.79 Å². The molecule has 0 aliphatic carbocycles. The molecule has 3 heteroatoms. The van der Waals surface area contributed by atoms with E-state index in [2.05, 4.69) is 17.9 Å². The molecule has 1 N–H and O–H groups in total. The summed E-state index contributed by atoms with van der Waals surface area (Å²) < 4.78 is 0. The van der Waals surface area contributed by atoms with Crippen molar-refractivity contribution < 1.29 is 4.79 Å². The lowest BCUT2D eigenvalue weighted by atomic mass is 10.1. The van der Waals surface area contributed by atoms with Crippen LogP contribution in [0.1, 0.15) is 37.9 Å². The zero-order valence-electron chi connectivity index (χ0n) is 9.82. The standard InChI is InChI=1S/C13H17NOS/c1-9(2)13(16)12-6-4-11(5-7-12)10(3)14-8-15/h4-8,10,16H,1-3H3,(H,14,15). The summed E-state index contributed by atoms with van der Waals surface area (Å²) in [4.78, 5) is 11.3. The number of rotatable bonds is 4. The second-order valence-corrected chi connectivity index (χ2v) is 4.42. The fraction of sp³-hybridized carbons (Fsp3) is 0.308. The van der Waals surface area contributed by atoms with Gasteiger partial charge < -0.3 is 5.32 Å². The molecular weight excluding hydrogens is 218 g/mol. The average molecular weight is 235 g/mol. The number of nitrogens with one attached hydrogen (secondary N) is 1. The molecule has 86 valence electrons. The van der Waals surface area contributed by atoms with Crippen molar-refractivity contribution in [3.05, 3.63) is 41.0 Å². The highest BCUT2D eigenvalue weighted by Crippen LogP contribution is 2.23. The first-order valence-corrected chi connectivity index (χ1v) is 5.67. The predicted octanol–water partition coefficient (Wildman–Crippen LogP) is 3.17. The van der Waals surface area contributed by atoms with E-state index in [1.807, 2.05) is 45.0 Å². The van der Waals surface area contributed by atoms with E-state index in [1.165, 1.54) is 5.57 Å². The molecule has 0 aliphatic rings. The molecule has 0 aromatic heterocycles. The summed E-state index contributed by atoms with van der Waals surface area (Å²) in [6, 6.07) is 8.11. The Morgan fingerprint density at radius 1 is 1.31 bits per heavy atom. The van der Waals surface area contributed by atoms with Crippen molar-refractivity contribution in [2.45, 2.75) is 26.8 Å². The van der Waals surface area contributed by atoms with E-state index in [0.29, 0.717) is 0 Å². The summed E-state index contributed by atoms with van der Waals surface area (Å²) in [6.45, 7) is 6.02. The quantitative estimate of drug-likeness (QED) is 0.609. The van der Waals surface area contributed by atoms with Crippen LogP contribution >= 0.6 is 12.6 Å². The minimum absolute atomic E-state index is 0.0432. The fourth-order valence-electron chi connectivity index (χ4n) is 1.42. The number of amides is 1. The molecule has 1 atom stereocenters. The summed E-state index contributed by atoms with van der Waals surface area (Å²) in [7, 11) is 0. The number of carbonyl (C=O) groups is 1. The van der Waals surface area contributed by atoms with Crippen LogP contribution in [0.3, 0.4) is 0 Å². The summed E-state index contributed by atoms with van der Waals surface area (Å²) >= 11 is 4.45. The fourth-order valence-corrected chi connectivity index (χ4v) is 1.57. The molecule has 0 aliphatic heterocycles. The van der Waals surface area contributed by atoms with Crippen LogP contribution in [0, 0.1) is 0 Å². The van der Waals surface area contributed by atoms with Gasteiger partial charge in [0.2, 0.25) is 6.41 Å². The molecule has 16 heavy (non-hydrogen) atoms. The van der Waals surface area contributed by atoms with Crippen molar-refractivity contribution in [1.29, 1.82) is 0 Å². The summed E-state index contributed by atoms with van der Waals surface area (Å²) in [5.41, 5.74) is 3.38. The Kier molecular flexibility index (Phi) is 4.62. The van der Waals surface area contributed by atoms with Crippen molar-refractivity contribution in [3.63, 3.8) is 0 Å². The molecule has 0 spiro atoms. The van der Waals surface area contributed by atoms with Gasteiger partial charge in [-0.05, 0) is 31.9 Å². The molecule has 0 saturated heterocycles. The van der Waals surface area contributed by atoms with Crippen LogP contribution in [0.4, 0.5) is 0 Å². The lowest BCUT2D eigenvalue weighted by Crippen LogP contribution is -2.15. The van der Waals surface area contributed by atoms with Crippen LogP contribution in [0.15, 0.2) is 29.8 Å². The third kappa shape index (κ3) is 3.14. The molecule has 1 aromatic carbocycles. The molecule has 1 amide bonds. The van der Waals surface area contributed by atoms with Crippen molar-refractivity contribution >= 4 is 23.9 Å². The topological polar surface area (TPSA) is 29.1 Å². The van der Waals surface area contributed by atoms with Gasteiger partial charge in [-0.3, -0.25) is 4.79 Å². The lowest BCUT2D eigenvalue weighted by molar-refractivity contribution is -0.110. The van der Waals surface area contributed by atoms with Crippen LogP contribution in [0.5, 0.6) is 0 Å². The zero-order chi connectivity index (χ0) is 12.1. The van der Waals surface area contributed by atoms with Crippen molar-refractivity contribution in [1.82, 2.24) is 5.32 Å². The van der Waals surface area contributed by atoms with Crippen molar-refractivity contribution in [2.24, 2.45) is 0 Å². The first kappa shape index (κ1) is 12.8. The predicted molar refractivity (Wildman–Crippen MR) is 71.3 cm³/mol. The Bertz CT molecular complexity index is 391. The maximum atomic E-state index is 10.3. The number of thiol groups is 1. The zero-order valence-corrected chi connectivity index (χ0v) is 10.7. The van der Waals surface area contributed by atoms with Gasteiger partial charge in [-0.1, -0.05) is 29.8 Å². The van der Waals surface area contributed by atoms with Gasteiger partial charge in [0, 0.05) is 4.91 Å². The van der Waals surface area contributed by atoms with Crippen molar-refractivity contribution in [2.75, 3.05) is 0 Å². The second-order valence-electron chi connectivity index (χ2n) is 3.98. The molecule has 1 aromatic rings. The SMILES string of the molecule is CC(C)=C(S)c1ccc(C(C)NC=O)cc1. The minimum Gasteiger partial charge on any atom is -0.352 e. The monoisotopic (exact) mass is 235 g/mol. The molecule has 0 bridgehead atoms. The number of hydrogen-bond donors (Lipinski definition) is 2. The largest absolute Gasteiger partial charge is 0.352 e. The molecule has 1 unspecified atom stereocenters. The molecule has 2 nitrogen and oxygen atoms in total. The Labute approximate surface area is 102 Å². The minimum atomic E-state index is 0.0432. The highest BCUT2D eigenvalue weighted by Gasteiger charge is 2.04. The Balaban J connectivity index is 2.91. The lowest BCUT2D eigenvalue weighted by Gasteiger charge is -2.11.